The first-order valence-electron chi connectivity index (χ1n) is 24.2. The Balaban J connectivity index is 0.000000175. The molecule has 368 valence electrons. The third kappa shape index (κ3) is 9.20. The number of pyridine rings is 1. The van der Waals surface area contributed by atoms with Crippen LogP contribution in [0.25, 0.3) is 22.4 Å². The van der Waals surface area contributed by atoms with Crippen molar-refractivity contribution >= 4 is 11.4 Å². The molecule has 69 heavy (non-hydrogen) atoms. The number of nitro groups is 2. The molecule has 0 unspecified atom stereocenters. The molecule has 1 aromatic heterocycles. The fourth-order valence-corrected chi connectivity index (χ4v) is 13.1. The normalized spacial score (nSPS) is 28.0. The molecule has 6 aliphatic rings. The van der Waals surface area contributed by atoms with E-state index < -0.39 is 23.2 Å². The van der Waals surface area contributed by atoms with Crippen LogP contribution >= 0.6 is 0 Å². The predicted octanol–water partition coefficient (Wildman–Crippen LogP) is 14.7. The molecule has 0 radical (unpaired) electrons. The molecule has 8 atom stereocenters. The molecule has 0 bridgehead atoms. The van der Waals surface area contributed by atoms with Crippen LogP contribution in [0.15, 0.2) is 78.5 Å². The summed E-state index contributed by atoms with van der Waals surface area (Å²) in [6.07, 6.45) is 10.3. The van der Waals surface area contributed by atoms with Gasteiger partial charge in [-0.3, -0.25) is 20.2 Å². The Hall–Kier alpha value is -5.93. The summed E-state index contributed by atoms with van der Waals surface area (Å²) in [4.78, 5) is 25.4. The zero-order valence-electron chi connectivity index (χ0n) is 39.8. The zero-order valence-corrected chi connectivity index (χ0v) is 39.8. The summed E-state index contributed by atoms with van der Waals surface area (Å²) >= 11 is 0. The van der Waals surface area contributed by atoms with Crippen molar-refractivity contribution in [2.75, 3.05) is 0 Å². The molecule has 10 rings (SSSR count). The minimum absolute atomic E-state index is 0.00264. The SMILES string of the molecule is Cc1cc([N+](=O)[O-])ccc1O[C@H]1CC[C@@]2(C)C(=CC[C@H]3[C@H]4CC[C@H]([C@H](C)CCCC(C)C)[C@@]4(C)CC[C@H]32)C1.O=[N+]([O-])c1cnc(-c2cccc3c2OC(F)(F)O3)c(-c2cccc3c2OC(F)(F)O3)c1. The van der Waals surface area contributed by atoms with Gasteiger partial charge in [-0.15, -0.1) is 17.6 Å². The summed E-state index contributed by atoms with van der Waals surface area (Å²) in [5, 5.41) is 22.4. The second kappa shape index (κ2) is 18.1. The minimum atomic E-state index is -3.94. The number of fused-ring (bicyclic) bond motifs is 7. The number of allylic oxidation sites excluding steroid dienone is 1. The lowest BCUT2D eigenvalue weighted by Crippen LogP contribution is -2.51. The molecular formula is C53H59F4N3O9. The average Bonchev–Trinajstić information content (AvgIpc) is 3.94. The number of halogens is 4. The highest BCUT2D eigenvalue weighted by molar-refractivity contribution is 5.89. The van der Waals surface area contributed by atoms with Gasteiger partial charge in [0.05, 0.1) is 15.5 Å². The van der Waals surface area contributed by atoms with Gasteiger partial charge < -0.3 is 23.7 Å². The van der Waals surface area contributed by atoms with Gasteiger partial charge in [-0.05, 0) is 128 Å². The number of aromatic nitrogens is 1. The maximum atomic E-state index is 13.6. The molecule has 3 saturated carbocycles. The molecule has 3 heterocycles. The molecule has 4 aromatic rings. The van der Waals surface area contributed by atoms with E-state index in [2.05, 4.69) is 64.6 Å². The van der Waals surface area contributed by atoms with Crippen molar-refractivity contribution in [1.82, 2.24) is 4.98 Å². The van der Waals surface area contributed by atoms with Gasteiger partial charge in [0.2, 0.25) is 0 Å². The van der Waals surface area contributed by atoms with Gasteiger partial charge in [0, 0.05) is 41.3 Å². The molecule has 0 amide bonds. The summed E-state index contributed by atoms with van der Waals surface area (Å²) in [6, 6.07) is 14.0. The fraction of sp³-hybridized carbons (Fsp3) is 0.528. The average molecular weight is 958 g/mol. The van der Waals surface area contributed by atoms with E-state index in [9.17, 15) is 37.8 Å². The molecule has 2 aliphatic heterocycles. The number of nitrogens with zero attached hydrogens (tertiary/aromatic N) is 3. The number of ether oxygens (including phenoxy) is 5. The largest absolute Gasteiger partial charge is 0.586 e. The molecule has 16 heteroatoms. The molecule has 0 N–H and O–H groups in total. The van der Waals surface area contributed by atoms with Gasteiger partial charge in [-0.1, -0.05) is 83.7 Å². The van der Waals surface area contributed by atoms with Crippen molar-refractivity contribution in [2.24, 2.45) is 46.3 Å². The summed E-state index contributed by atoms with van der Waals surface area (Å²) in [5.41, 5.74) is 2.89. The Labute approximate surface area is 399 Å². The standard InChI is InChI=1S/C34H51NO3.C19H8F4N2O6/c1-22(2)8-7-9-23(3)29-13-14-30-28-12-10-25-21-27(38-32-15-11-26(35(36)37)20-24(32)4)16-18-33(25,5)31(28)17-19-34(29,30)6;20-18(21)28-13-5-1-3-10(16(13)30-18)12-7-9(25(26)27)8-24-15(12)11-4-2-6-14-17(11)31-19(22,23)29-14/h10-11,15,20,22-23,27-31H,7-9,12-14,16-19,21H2,1-6H3;1-8H/t23-,27+,28+,29-,30-,31-,33+,34-;/m1./s1. The third-order valence-corrected chi connectivity index (χ3v) is 16.4. The molecular weight excluding hydrogens is 899 g/mol. The zero-order chi connectivity index (χ0) is 49.2. The van der Waals surface area contributed by atoms with E-state index in [0.29, 0.717) is 10.8 Å². The monoisotopic (exact) mass is 957 g/mol. The number of hydrogen-bond donors (Lipinski definition) is 0. The highest BCUT2D eigenvalue weighted by Crippen LogP contribution is 2.67. The minimum Gasteiger partial charge on any atom is -0.490 e. The van der Waals surface area contributed by atoms with E-state index >= 15 is 0 Å². The van der Waals surface area contributed by atoms with Crippen molar-refractivity contribution in [1.29, 1.82) is 0 Å². The topological polar surface area (TPSA) is 145 Å². The number of para-hydroxylation sites is 2. The maximum absolute atomic E-state index is 13.6. The summed E-state index contributed by atoms with van der Waals surface area (Å²) in [5.74, 6) is 4.64. The van der Waals surface area contributed by atoms with Crippen LogP contribution in [0.2, 0.25) is 0 Å². The second-order valence-corrected chi connectivity index (χ2v) is 20.9. The first kappa shape index (κ1) is 48.1. The first-order chi connectivity index (χ1) is 32.7. The van der Waals surface area contributed by atoms with E-state index in [-0.39, 0.29) is 62.1 Å². The molecule has 12 nitrogen and oxygen atoms in total. The van der Waals surface area contributed by atoms with Gasteiger partial charge in [-0.2, -0.15) is 0 Å². The second-order valence-electron chi connectivity index (χ2n) is 20.9. The predicted molar refractivity (Wildman–Crippen MR) is 249 cm³/mol. The van der Waals surface area contributed by atoms with Gasteiger partial charge in [0.25, 0.3) is 11.4 Å². The number of benzene rings is 3. The van der Waals surface area contributed by atoms with Crippen LogP contribution < -0.4 is 23.7 Å². The van der Waals surface area contributed by atoms with Crippen LogP contribution in [0.4, 0.5) is 28.9 Å². The third-order valence-electron chi connectivity index (χ3n) is 16.4. The fourth-order valence-electron chi connectivity index (χ4n) is 13.1. The van der Waals surface area contributed by atoms with Crippen molar-refractivity contribution < 1.29 is 51.1 Å². The number of aryl methyl sites for hydroxylation is 1. The first-order valence-corrected chi connectivity index (χ1v) is 24.2. The number of non-ortho nitro benzene ring substituents is 1. The lowest BCUT2D eigenvalue weighted by atomic mass is 9.47. The molecule has 0 saturated heterocycles. The Morgan fingerprint density at radius 1 is 0.768 bits per heavy atom. The number of rotatable bonds is 11. The van der Waals surface area contributed by atoms with E-state index in [4.69, 9.17) is 4.74 Å². The Kier molecular flexibility index (Phi) is 12.6. The smallest absolute Gasteiger partial charge is 0.490 e. The Morgan fingerprint density at radius 2 is 1.43 bits per heavy atom. The van der Waals surface area contributed by atoms with E-state index in [1.807, 2.05) is 6.92 Å². The molecule has 3 aromatic carbocycles. The van der Waals surface area contributed by atoms with E-state index in [1.165, 1.54) is 94.2 Å². The molecule has 0 spiro atoms. The van der Waals surface area contributed by atoms with Crippen LogP contribution in [0, 0.1) is 73.5 Å². The quantitative estimate of drug-likeness (QED) is 0.0616. The summed E-state index contributed by atoms with van der Waals surface area (Å²) in [7, 11) is 0. The van der Waals surface area contributed by atoms with Crippen molar-refractivity contribution in [2.45, 2.75) is 131 Å². The number of hydrogen-bond acceptors (Lipinski definition) is 10. The lowest BCUT2D eigenvalue weighted by Gasteiger charge is -2.58. The summed E-state index contributed by atoms with van der Waals surface area (Å²) in [6.45, 7) is 14.5. The van der Waals surface area contributed by atoms with Crippen LogP contribution in [0.1, 0.15) is 111 Å². The van der Waals surface area contributed by atoms with Crippen LogP contribution in [-0.2, 0) is 0 Å². The van der Waals surface area contributed by atoms with Gasteiger partial charge in [0.1, 0.15) is 18.1 Å². The maximum Gasteiger partial charge on any atom is 0.586 e. The van der Waals surface area contributed by atoms with Gasteiger partial charge >= 0.3 is 12.6 Å². The Bertz CT molecular complexity index is 2680. The molecule has 3 fully saturated rings. The van der Waals surface area contributed by atoms with Gasteiger partial charge in [-0.25, -0.2) is 4.98 Å². The summed E-state index contributed by atoms with van der Waals surface area (Å²) < 4.78 is 79.0. The van der Waals surface area contributed by atoms with Crippen molar-refractivity contribution in [3.63, 3.8) is 0 Å². The van der Waals surface area contributed by atoms with E-state index in [0.717, 1.165) is 71.9 Å². The van der Waals surface area contributed by atoms with E-state index in [1.54, 1.807) is 23.8 Å². The van der Waals surface area contributed by atoms with Crippen molar-refractivity contribution in [3.05, 3.63) is 104 Å². The molecule has 4 aliphatic carbocycles. The number of nitro benzene ring substituents is 1. The van der Waals surface area contributed by atoms with Crippen LogP contribution in [0.3, 0.4) is 0 Å². The highest BCUT2D eigenvalue weighted by atomic mass is 19.3. The Morgan fingerprint density at radius 3 is 2.09 bits per heavy atom. The van der Waals surface area contributed by atoms with Gasteiger partial charge in [0.15, 0.2) is 23.0 Å². The van der Waals surface area contributed by atoms with Crippen LogP contribution in [-0.4, -0.2) is 33.5 Å². The highest BCUT2D eigenvalue weighted by Gasteiger charge is 2.59. The van der Waals surface area contributed by atoms with Crippen LogP contribution in [0.5, 0.6) is 28.7 Å². The number of alkyl halides is 4. The van der Waals surface area contributed by atoms with Crippen molar-refractivity contribution in [3.8, 4) is 51.1 Å². The lowest BCUT2D eigenvalue weighted by molar-refractivity contribution is -0.385.